The number of thioether (sulfide) groups is 1. The average Bonchev–Trinajstić information content (AvgIpc) is 2.87. The average molecular weight is 374 g/mol. The van der Waals surface area contributed by atoms with E-state index in [1.165, 1.54) is 23.9 Å². The highest BCUT2D eigenvalue weighted by atomic mass is 32.2. The van der Waals surface area contributed by atoms with E-state index in [1.54, 1.807) is 37.3 Å². The van der Waals surface area contributed by atoms with Crippen molar-refractivity contribution in [2.75, 3.05) is 18.5 Å². The van der Waals surface area contributed by atoms with Gasteiger partial charge in [-0.05, 0) is 31.2 Å². The number of rotatable bonds is 5. The predicted octanol–water partition coefficient (Wildman–Crippen LogP) is 3.88. The third-order valence-electron chi connectivity index (χ3n) is 3.74. The van der Waals surface area contributed by atoms with E-state index in [1.807, 2.05) is 0 Å². The molecule has 0 aliphatic carbocycles. The van der Waals surface area contributed by atoms with Crippen LogP contribution in [0.4, 0.5) is 11.4 Å². The van der Waals surface area contributed by atoms with Crippen LogP contribution >= 0.6 is 11.8 Å². The molecule has 0 saturated heterocycles. The van der Waals surface area contributed by atoms with E-state index in [-0.39, 0.29) is 16.8 Å². The minimum absolute atomic E-state index is 0.0265. The maximum absolute atomic E-state index is 12.4. The number of fused-ring (bicyclic) bond motifs is 1. The molecule has 1 atom stereocenters. The van der Waals surface area contributed by atoms with Crippen molar-refractivity contribution < 1.29 is 19.2 Å². The SMILES string of the molecule is CC(Sc1ccc([N+](=O)[O-])cc1)C(=O)Nc1ccc2c(c1)OCCCO2. The van der Waals surface area contributed by atoms with Crippen molar-refractivity contribution in [3.63, 3.8) is 0 Å². The van der Waals surface area contributed by atoms with Gasteiger partial charge in [-0.2, -0.15) is 0 Å². The number of anilines is 1. The topological polar surface area (TPSA) is 90.7 Å². The van der Waals surface area contributed by atoms with Gasteiger partial charge in [0.25, 0.3) is 5.69 Å². The maximum atomic E-state index is 12.4. The van der Waals surface area contributed by atoms with Gasteiger partial charge in [0.1, 0.15) is 0 Å². The molecule has 0 radical (unpaired) electrons. The summed E-state index contributed by atoms with van der Waals surface area (Å²) in [6.45, 7) is 2.98. The van der Waals surface area contributed by atoms with Crippen LogP contribution in [0.1, 0.15) is 13.3 Å². The summed E-state index contributed by atoms with van der Waals surface area (Å²) >= 11 is 1.33. The molecule has 1 unspecified atom stereocenters. The summed E-state index contributed by atoms with van der Waals surface area (Å²) in [6.07, 6.45) is 0.819. The molecule has 7 nitrogen and oxygen atoms in total. The second kappa shape index (κ2) is 8.09. The first kappa shape index (κ1) is 18.1. The number of nitro benzene ring substituents is 1. The van der Waals surface area contributed by atoms with Crippen molar-refractivity contribution in [1.29, 1.82) is 0 Å². The monoisotopic (exact) mass is 374 g/mol. The molecule has 0 fully saturated rings. The number of ether oxygens (including phenoxy) is 2. The first-order valence-electron chi connectivity index (χ1n) is 8.14. The van der Waals surface area contributed by atoms with Gasteiger partial charge in [0.2, 0.25) is 5.91 Å². The minimum Gasteiger partial charge on any atom is -0.490 e. The summed E-state index contributed by atoms with van der Waals surface area (Å²) in [5.74, 6) is 1.13. The molecule has 1 aliphatic heterocycles. The van der Waals surface area contributed by atoms with Gasteiger partial charge in [-0.15, -0.1) is 11.8 Å². The molecular formula is C18H18N2O5S. The van der Waals surface area contributed by atoms with Crippen molar-refractivity contribution >= 4 is 29.0 Å². The van der Waals surface area contributed by atoms with Gasteiger partial charge >= 0.3 is 0 Å². The molecule has 0 spiro atoms. The quantitative estimate of drug-likeness (QED) is 0.485. The highest BCUT2D eigenvalue weighted by Gasteiger charge is 2.17. The molecule has 0 aromatic heterocycles. The number of hydrogen-bond acceptors (Lipinski definition) is 6. The van der Waals surface area contributed by atoms with E-state index < -0.39 is 4.92 Å². The smallest absolute Gasteiger partial charge is 0.269 e. The normalized spacial score (nSPS) is 14.2. The molecule has 1 N–H and O–H groups in total. The van der Waals surface area contributed by atoms with Crippen LogP contribution in [-0.2, 0) is 4.79 Å². The Morgan fingerprint density at radius 3 is 2.54 bits per heavy atom. The van der Waals surface area contributed by atoms with Crippen LogP contribution in [0.15, 0.2) is 47.4 Å². The summed E-state index contributed by atoms with van der Waals surface area (Å²) in [4.78, 5) is 23.4. The third-order valence-corrected chi connectivity index (χ3v) is 4.86. The van der Waals surface area contributed by atoms with Crippen molar-refractivity contribution in [2.24, 2.45) is 0 Å². The number of hydrogen-bond donors (Lipinski definition) is 1. The van der Waals surface area contributed by atoms with Crippen molar-refractivity contribution in [2.45, 2.75) is 23.5 Å². The van der Waals surface area contributed by atoms with Crippen LogP contribution in [0.5, 0.6) is 11.5 Å². The van der Waals surface area contributed by atoms with Crippen LogP contribution < -0.4 is 14.8 Å². The standard InChI is InChI=1S/C18H18N2O5S/c1-12(26-15-6-4-14(5-7-15)20(22)23)18(21)19-13-3-8-16-17(11-13)25-10-2-9-24-16/h3-8,11-12H,2,9-10H2,1H3,(H,19,21). The summed E-state index contributed by atoms with van der Waals surface area (Å²) < 4.78 is 11.2. The van der Waals surface area contributed by atoms with Crippen LogP contribution in [0.2, 0.25) is 0 Å². The Morgan fingerprint density at radius 1 is 1.15 bits per heavy atom. The lowest BCUT2D eigenvalue weighted by Crippen LogP contribution is -2.22. The second-order valence-corrected chi connectivity index (χ2v) is 7.13. The molecule has 1 amide bonds. The van der Waals surface area contributed by atoms with E-state index in [9.17, 15) is 14.9 Å². The molecule has 136 valence electrons. The number of benzene rings is 2. The van der Waals surface area contributed by atoms with Gasteiger partial charge in [-0.25, -0.2) is 0 Å². The van der Waals surface area contributed by atoms with Gasteiger partial charge in [0, 0.05) is 35.2 Å². The maximum Gasteiger partial charge on any atom is 0.269 e. The number of nitrogens with one attached hydrogen (secondary N) is 1. The summed E-state index contributed by atoms with van der Waals surface area (Å²) in [5, 5.41) is 13.2. The van der Waals surface area contributed by atoms with Gasteiger partial charge in [0.15, 0.2) is 11.5 Å². The Morgan fingerprint density at radius 2 is 1.85 bits per heavy atom. The minimum atomic E-state index is -0.450. The largest absolute Gasteiger partial charge is 0.490 e. The van der Waals surface area contributed by atoms with Crippen molar-refractivity contribution in [1.82, 2.24) is 0 Å². The van der Waals surface area contributed by atoms with E-state index in [2.05, 4.69) is 5.32 Å². The third kappa shape index (κ3) is 4.45. The van der Waals surface area contributed by atoms with Crippen LogP contribution in [0.3, 0.4) is 0 Å². The molecule has 3 rings (SSSR count). The van der Waals surface area contributed by atoms with Gasteiger partial charge in [-0.1, -0.05) is 0 Å². The highest BCUT2D eigenvalue weighted by molar-refractivity contribution is 8.00. The van der Waals surface area contributed by atoms with Gasteiger partial charge in [0.05, 0.1) is 23.4 Å². The number of non-ortho nitro benzene ring substituents is 1. The number of amides is 1. The number of nitro groups is 1. The van der Waals surface area contributed by atoms with Crippen molar-refractivity contribution in [3.05, 3.63) is 52.6 Å². The van der Waals surface area contributed by atoms with E-state index in [0.717, 1.165) is 11.3 Å². The first-order valence-corrected chi connectivity index (χ1v) is 9.02. The lowest BCUT2D eigenvalue weighted by Gasteiger charge is -2.14. The zero-order valence-corrected chi connectivity index (χ0v) is 15.0. The van der Waals surface area contributed by atoms with Crippen LogP contribution in [0.25, 0.3) is 0 Å². The summed E-state index contributed by atoms with van der Waals surface area (Å²) in [6, 6.07) is 11.4. The zero-order chi connectivity index (χ0) is 18.5. The Kier molecular flexibility index (Phi) is 5.62. The van der Waals surface area contributed by atoms with Gasteiger partial charge < -0.3 is 14.8 Å². The predicted molar refractivity (Wildman–Crippen MR) is 99.1 cm³/mol. The van der Waals surface area contributed by atoms with Crippen molar-refractivity contribution in [3.8, 4) is 11.5 Å². The number of carbonyl (C=O) groups excluding carboxylic acids is 1. The molecule has 8 heteroatoms. The number of carbonyl (C=O) groups is 1. The fraction of sp³-hybridized carbons (Fsp3) is 0.278. The Hall–Kier alpha value is -2.74. The lowest BCUT2D eigenvalue weighted by molar-refractivity contribution is -0.384. The molecule has 2 aromatic rings. The Bertz CT molecular complexity index is 810. The lowest BCUT2D eigenvalue weighted by atomic mass is 10.2. The molecular weight excluding hydrogens is 356 g/mol. The Labute approximate surface area is 154 Å². The summed E-state index contributed by atoms with van der Waals surface area (Å²) in [7, 11) is 0. The Balaban J connectivity index is 1.62. The zero-order valence-electron chi connectivity index (χ0n) is 14.1. The fourth-order valence-corrected chi connectivity index (χ4v) is 3.26. The van der Waals surface area contributed by atoms with Gasteiger partial charge in [-0.3, -0.25) is 14.9 Å². The van der Waals surface area contributed by atoms with E-state index in [4.69, 9.17) is 9.47 Å². The highest BCUT2D eigenvalue weighted by Crippen LogP contribution is 2.33. The molecule has 2 aromatic carbocycles. The molecule has 0 saturated carbocycles. The van der Waals surface area contributed by atoms with E-state index >= 15 is 0 Å². The van der Waals surface area contributed by atoms with Crippen LogP contribution in [-0.4, -0.2) is 29.3 Å². The molecule has 1 aliphatic rings. The second-order valence-electron chi connectivity index (χ2n) is 5.71. The van der Waals surface area contributed by atoms with Crippen LogP contribution in [0, 0.1) is 10.1 Å². The fourth-order valence-electron chi connectivity index (χ4n) is 2.39. The molecule has 0 bridgehead atoms. The first-order chi connectivity index (χ1) is 12.5. The molecule has 1 heterocycles. The van der Waals surface area contributed by atoms with E-state index in [0.29, 0.717) is 30.4 Å². The summed E-state index contributed by atoms with van der Waals surface area (Å²) in [5.41, 5.74) is 0.661. The molecule has 26 heavy (non-hydrogen) atoms. The number of nitrogens with zero attached hydrogens (tertiary/aromatic N) is 1.